The minimum absolute atomic E-state index is 0.114. The van der Waals surface area contributed by atoms with Gasteiger partial charge in [-0.05, 0) is 0 Å². The van der Waals surface area contributed by atoms with Gasteiger partial charge >= 0.3 is 0 Å². The van der Waals surface area contributed by atoms with Gasteiger partial charge in [-0.15, -0.1) is 0 Å². The molecule has 0 fully saturated rings. The monoisotopic (exact) mass is 226 g/mol. The standard InChI is InChI=1S/C6H10O7S/c7-4-12-3-6(13-5-8)1-2-14(9,10)11/h4-6H,1-3H2,(H,9,10,11). The van der Waals surface area contributed by atoms with Gasteiger partial charge in [-0.1, -0.05) is 0 Å². The summed E-state index contributed by atoms with van der Waals surface area (Å²) in [5.74, 6) is -0.562. The molecular weight excluding hydrogens is 216 g/mol. The second-order valence-electron chi connectivity index (χ2n) is 2.36. The predicted octanol–water partition coefficient (Wildman–Crippen LogP) is -1.02. The highest BCUT2D eigenvalue weighted by Crippen LogP contribution is 2.00. The topological polar surface area (TPSA) is 107 Å². The van der Waals surface area contributed by atoms with Crippen molar-refractivity contribution in [2.24, 2.45) is 0 Å². The third-order valence-corrected chi connectivity index (χ3v) is 2.05. The first kappa shape index (κ1) is 12.8. The van der Waals surface area contributed by atoms with E-state index in [0.29, 0.717) is 0 Å². The minimum atomic E-state index is -4.10. The van der Waals surface area contributed by atoms with Crippen LogP contribution in [0.4, 0.5) is 0 Å². The molecule has 0 aromatic rings. The van der Waals surface area contributed by atoms with E-state index in [0.717, 1.165) is 0 Å². The number of hydrogen-bond donors (Lipinski definition) is 1. The molecule has 1 N–H and O–H groups in total. The van der Waals surface area contributed by atoms with Crippen LogP contribution in [0.15, 0.2) is 0 Å². The second kappa shape index (κ2) is 6.33. The first-order valence-corrected chi connectivity index (χ1v) is 5.20. The lowest BCUT2D eigenvalue weighted by atomic mass is 10.3. The van der Waals surface area contributed by atoms with E-state index in [1.165, 1.54) is 0 Å². The Morgan fingerprint density at radius 3 is 2.36 bits per heavy atom. The zero-order valence-corrected chi connectivity index (χ0v) is 7.97. The van der Waals surface area contributed by atoms with Crippen molar-refractivity contribution in [1.29, 1.82) is 0 Å². The Hall–Kier alpha value is -1.15. The summed E-state index contributed by atoms with van der Waals surface area (Å²) in [6, 6.07) is 0. The smallest absolute Gasteiger partial charge is 0.293 e. The Bertz CT molecular complexity index is 270. The largest absolute Gasteiger partial charge is 0.464 e. The fourth-order valence-corrected chi connectivity index (χ4v) is 1.26. The molecule has 1 atom stereocenters. The van der Waals surface area contributed by atoms with E-state index < -0.39 is 22.0 Å². The third-order valence-electron chi connectivity index (χ3n) is 1.30. The van der Waals surface area contributed by atoms with Gasteiger partial charge in [0.2, 0.25) is 0 Å². The highest BCUT2D eigenvalue weighted by molar-refractivity contribution is 7.85. The number of ether oxygens (including phenoxy) is 2. The molecule has 82 valence electrons. The van der Waals surface area contributed by atoms with E-state index >= 15 is 0 Å². The Morgan fingerprint density at radius 2 is 1.93 bits per heavy atom. The van der Waals surface area contributed by atoms with Crippen LogP contribution < -0.4 is 0 Å². The maximum Gasteiger partial charge on any atom is 0.293 e. The molecule has 14 heavy (non-hydrogen) atoms. The molecule has 0 amide bonds. The zero-order valence-electron chi connectivity index (χ0n) is 7.16. The Kier molecular flexibility index (Phi) is 5.81. The van der Waals surface area contributed by atoms with E-state index in [9.17, 15) is 18.0 Å². The van der Waals surface area contributed by atoms with Crippen LogP contribution in [-0.4, -0.2) is 44.4 Å². The Morgan fingerprint density at radius 1 is 1.29 bits per heavy atom. The normalized spacial score (nSPS) is 12.9. The van der Waals surface area contributed by atoms with Crippen molar-refractivity contribution in [3.63, 3.8) is 0 Å². The molecule has 0 rings (SSSR count). The quantitative estimate of drug-likeness (QED) is 0.417. The van der Waals surface area contributed by atoms with Crippen LogP contribution in [0, 0.1) is 0 Å². The first-order valence-electron chi connectivity index (χ1n) is 3.59. The van der Waals surface area contributed by atoms with Crippen molar-refractivity contribution in [2.75, 3.05) is 12.4 Å². The van der Waals surface area contributed by atoms with Crippen molar-refractivity contribution < 1.29 is 32.0 Å². The van der Waals surface area contributed by atoms with Gasteiger partial charge in [0, 0.05) is 6.42 Å². The van der Waals surface area contributed by atoms with Crippen molar-refractivity contribution in [2.45, 2.75) is 12.5 Å². The van der Waals surface area contributed by atoms with Gasteiger partial charge in [-0.2, -0.15) is 8.42 Å². The number of carbonyl (C=O) groups excluding carboxylic acids is 2. The van der Waals surface area contributed by atoms with Gasteiger partial charge in [0.05, 0.1) is 5.75 Å². The molecule has 0 saturated heterocycles. The molecular formula is C6H10O7S. The van der Waals surface area contributed by atoms with Crippen LogP contribution in [0.5, 0.6) is 0 Å². The number of carbonyl (C=O) groups is 2. The van der Waals surface area contributed by atoms with E-state index in [1.807, 2.05) is 0 Å². The average molecular weight is 226 g/mol. The highest BCUT2D eigenvalue weighted by Gasteiger charge is 2.14. The fraction of sp³-hybridized carbons (Fsp3) is 0.667. The predicted molar refractivity (Wildman–Crippen MR) is 44.0 cm³/mol. The molecule has 0 aliphatic rings. The maximum atomic E-state index is 10.3. The van der Waals surface area contributed by atoms with E-state index in [1.54, 1.807) is 0 Å². The van der Waals surface area contributed by atoms with Gasteiger partial charge in [-0.25, -0.2) is 0 Å². The minimum Gasteiger partial charge on any atom is -0.464 e. The van der Waals surface area contributed by atoms with Crippen LogP contribution in [0.1, 0.15) is 6.42 Å². The number of rotatable bonds is 8. The lowest BCUT2D eigenvalue weighted by Crippen LogP contribution is -2.22. The van der Waals surface area contributed by atoms with Gasteiger partial charge in [0.1, 0.15) is 12.7 Å². The molecule has 0 aliphatic heterocycles. The fourth-order valence-electron chi connectivity index (χ4n) is 0.696. The first-order chi connectivity index (χ1) is 6.49. The molecule has 7 nitrogen and oxygen atoms in total. The van der Waals surface area contributed by atoms with Crippen LogP contribution in [0.25, 0.3) is 0 Å². The van der Waals surface area contributed by atoms with E-state index in [2.05, 4.69) is 9.47 Å². The summed E-state index contributed by atoms with van der Waals surface area (Å²) >= 11 is 0. The molecule has 0 aromatic heterocycles. The molecule has 1 unspecified atom stereocenters. The van der Waals surface area contributed by atoms with E-state index in [-0.39, 0.29) is 26.0 Å². The lowest BCUT2D eigenvalue weighted by Gasteiger charge is -2.12. The summed E-state index contributed by atoms with van der Waals surface area (Å²) in [6.45, 7) is 0.0230. The SMILES string of the molecule is O=COCC(CCS(=O)(=O)O)OC=O. The molecule has 0 bridgehead atoms. The van der Waals surface area contributed by atoms with Crippen LogP contribution >= 0.6 is 0 Å². The van der Waals surface area contributed by atoms with Crippen LogP contribution in [0.3, 0.4) is 0 Å². The van der Waals surface area contributed by atoms with Gasteiger partial charge in [0.15, 0.2) is 0 Å². The van der Waals surface area contributed by atoms with Gasteiger partial charge in [0.25, 0.3) is 23.1 Å². The van der Waals surface area contributed by atoms with Gasteiger partial charge < -0.3 is 9.47 Å². The second-order valence-corrected chi connectivity index (χ2v) is 3.93. The Balaban J connectivity index is 3.95. The maximum absolute atomic E-state index is 10.3. The van der Waals surface area contributed by atoms with Crippen molar-refractivity contribution >= 4 is 23.1 Å². The molecule has 0 saturated carbocycles. The molecule has 0 aliphatic carbocycles. The molecule has 0 aromatic carbocycles. The average Bonchev–Trinajstić information content (AvgIpc) is 2.08. The van der Waals surface area contributed by atoms with Crippen LogP contribution in [0.2, 0.25) is 0 Å². The number of hydrogen-bond acceptors (Lipinski definition) is 6. The molecule has 0 heterocycles. The lowest BCUT2D eigenvalue weighted by molar-refractivity contribution is -0.142. The summed E-state index contributed by atoms with van der Waals surface area (Å²) < 4.78 is 37.7. The van der Waals surface area contributed by atoms with Crippen LogP contribution in [-0.2, 0) is 29.2 Å². The Labute approximate surface area is 80.7 Å². The molecule has 0 spiro atoms. The highest BCUT2D eigenvalue weighted by atomic mass is 32.2. The van der Waals surface area contributed by atoms with Crippen molar-refractivity contribution in [3.8, 4) is 0 Å². The summed E-state index contributed by atoms with van der Waals surface area (Å²) in [5, 5.41) is 0. The van der Waals surface area contributed by atoms with E-state index in [4.69, 9.17) is 4.55 Å². The molecule has 0 radical (unpaired) electrons. The van der Waals surface area contributed by atoms with Crippen molar-refractivity contribution in [1.82, 2.24) is 0 Å². The third kappa shape index (κ3) is 7.50. The summed E-state index contributed by atoms with van der Waals surface area (Å²) in [6.07, 6.45) is -0.995. The summed E-state index contributed by atoms with van der Waals surface area (Å²) in [4.78, 5) is 19.7. The van der Waals surface area contributed by atoms with Crippen molar-refractivity contribution in [3.05, 3.63) is 0 Å². The zero-order chi connectivity index (χ0) is 11.0. The molecule has 8 heteroatoms. The summed E-state index contributed by atoms with van der Waals surface area (Å²) in [7, 11) is -4.10. The summed E-state index contributed by atoms with van der Waals surface area (Å²) in [5.41, 5.74) is 0. The van der Waals surface area contributed by atoms with Gasteiger partial charge in [-0.3, -0.25) is 14.1 Å².